The van der Waals surface area contributed by atoms with Crippen molar-refractivity contribution >= 4 is 24.5 Å². The SMILES string of the molecule is Cc1ccccc1-c1ccc(C=CC(=O)O)cc1.Cl. The summed E-state index contributed by atoms with van der Waals surface area (Å²) in [7, 11) is 0. The van der Waals surface area contributed by atoms with Crippen LogP contribution in [0.2, 0.25) is 0 Å². The van der Waals surface area contributed by atoms with Crippen LogP contribution in [0.25, 0.3) is 17.2 Å². The minimum absolute atomic E-state index is 0. The second-order valence-electron chi connectivity index (χ2n) is 4.11. The summed E-state index contributed by atoms with van der Waals surface area (Å²) in [6.07, 6.45) is 2.73. The Kier molecular flexibility index (Phi) is 5.34. The lowest BCUT2D eigenvalue weighted by molar-refractivity contribution is -0.131. The number of rotatable bonds is 3. The van der Waals surface area contributed by atoms with Crippen molar-refractivity contribution in [2.75, 3.05) is 0 Å². The number of benzene rings is 2. The lowest BCUT2D eigenvalue weighted by Crippen LogP contribution is -1.86. The standard InChI is InChI=1S/C16H14O2.ClH/c1-12-4-2-3-5-15(12)14-9-6-13(7-10-14)8-11-16(17)18;/h2-11H,1H3,(H,17,18);1H. The van der Waals surface area contributed by atoms with Gasteiger partial charge in [0, 0.05) is 6.08 Å². The number of carbonyl (C=O) groups is 1. The summed E-state index contributed by atoms with van der Waals surface area (Å²) in [4.78, 5) is 10.4. The van der Waals surface area contributed by atoms with E-state index in [1.165, 1.54) is 11.1 Å². The Morgan fingerprint density at radius 2 is 1.68 bits per heavy atom. The van der Waals surface area contributed by atoms with Gasteiger partial charge in [0.15, 0.2) is 0 Å². The van der Waals surface area contributed by atoms with Crippen molar-refractivity contribution in [1.82, 2.24) is 0 Å². The molecule has 0 saturated carbocycles. The van der Waals surface area contributed by atoms with Gasteiger partial charge in [0.25, 0.3) is 0 Å². The molecule has 98 valence electrons. The normalized spacial score (nSPS) is 10.2. The van der Waals surface area contributed by atoms with Gasteiger partial charge in [-0.1, -0.05) is 48.5 Å². The first-order valence-electron chi connectivity index (χ1n) is 5.74. The minimum Gasteiger partial charge on any atom is -0.478 e. The Hall–Kier alpha value is -2.06. The summed E-state index contributed by atoms with van der Waals surface area (Å²) < 4.78 is 0. The average molecular weight is 275 g/mol. The first-order chi connectivity index (χ1) is 8.66. The van der Waals surface area contributed by atoms with Crippen molar-refractivity contribution in [3.8, 4) is 11.1 Å². The highest BCUT2D eigenvalue weighted by Gasteiger charge is 2.00. The van der Waals surface area contributed by atoms with E-state index in [9.17, 15) is 4.79 Å². The highest BCUT2D eigenvalue weighted by atomic mass is 35.5. The smallest absolute Gasteiger partial charge is 0.328 e. The monoisotopic (exact) mass is 274 g/mol. The third-order valence-electron chi connectivity index (χ3n) is 2.79. The van der Waals surface area contributed by atoms with E-state index in [2.05, 4.69) is 19.1 Å². The molecule has 0 radical (unpaired) electrons. The molecule has 0 aliphatic heterocycles. The number of hydrogen-bond acceptors (Lipinski definition) is 1. The van der Waals surface area contributed by atoms with Gasteiger partial charge in [0.2, 0.25) is 0 Å². The molecule has 0 unspecified atom stereocenters. The van der Waals surface area contributed by atoms with Crippen LogP contribution in [0.3, 0.4) is 0 Å². The molecule has 0 atom stereocenters. The average Bonchev–Trinajstić information content (AvgIpc) is 2.38. The van der Waals surface area contributed by atoms with Crippen molar-refractivity contribution in [1.29, 1.82) is 0 Å². The highest BCUT2D eigenvalue weighted by molar-refractivity contribution is 5.85. The second kappa shape index (κ2) is 6.76. The molecule has 0 saturated heterocycles. The molecule has 0 fully saturated rings. The van der Waals surface area contributed by atoms with Crippen LogP contribution in [0, 0.1) is 6.92 Å². The molecule has 19 heavy (non-hydrogen) atoms. The molecule has 0 aliphatic rings. The van der Waals surface area contributed by atoms with Gasteiger partial charge in [0.1, 0.15) is 0 Å². The van der Waals surface area contributed by atoms with E-state index in [4.69, 9.17) is 5.11 Å². The third kappa shape index (κ3) is 3.97. The van der Waals surface area contributed by atoms with Crippen LogP contribution in [0.1, 0.15) is 11.1 Å². The molecule has 0 amide bonds. The molecular weight excluding hydrogens is 260 g/mol. The number of carboxylic acid groups (broad SMARTS) is 1. The van der Waals surface area contributed by atoms with E-state index in [0.29, 0.717) is 0 Å². The third-order valence-corrected chi connectivity index (χ3v) is 2.79. The van der Waals surface area contributed by atoms with Crippen molar-refractivity contribution in [3.63, 3.8) is 0 Å². The molecule has 3 heteroatoms. The van der Waals surface area contributed by atoms with E-state index in [0.717, 1.165) is 17.2 Å². The van der Waals surface area contributed by atoms with Gasteiger partial charge < -0.3 is 5.11 Å². The van der Waals surface area contributed by atoms with E-state index < -0.39 is 5.97 Å². The summed E-state index contributed by atoms with van der Waals surface area (Å²) in [6, 6.07) is 16.0. The molecular formula is C16H15ClO2. The topological polar surface area (TPSA) is 37.3 Å². The number of aliphatic carboxylic acids is 1. The van der Waals surface area contributed by atoms with E-state index in [-0.39, 0.29) is 12.4 Å². The summed E-state index contributed by atoms with van der Waals surface area (Å²) in [5, 5.41) is 8.56. The van der Waals surface area contributed by atoms with E-state index >= 15 is 0 Å². The van der Waals surface area contributed by atoms with Crippen molar-refractivity contribution in [2.45, 2.75) is 6.92 Å². The van der Waals surface area contributed by atoms with Crippen LogP contribution >= 0.6 is 12.4 Å². The van der Waals surface area contributed by atoms with Crippen LogP contribution in [0.4, 0.5) is 0 Å². The maximum absolute atomic E-state index is 10.4. The Balaban J connectivity index is 0.00000180. The van der Waals surface area contributed by atoms with Crippen LogP contribution in [-0.4, -0.2) is 11.1 Å². The molecule has 0 spiro atoms. The van der Waals surface area contributed by atoms with Crippen LogP contribution in [0.15, 0.2) is 54.6 Å². The van der Waals surface area contributed by atoms with Gasteiger partial charge in [0.05, 0.1) is 0 Å². The van der Waals surface area contributed by atoms with Crippen molar-refractivity contribution in [3.05, 3.63) is 65.7 Å². The van der Waals surface area contributed by atoms with Gasteiger partial charge in [-0.2, -0.15) is 0 Å². The van der Waals surface area contributed by atoms with E-state index in [1.54, 1.807) is 6.08 Å². The van der Waals surface area contributed by atoms with Gasteiger partial charge in [-0.3, -0.25) is 0 Å². The summed E-state index contributed by atoms with van der Waals surface area (Å²) in [5.74, 6) is -0.932. The predicted molar refractivity (Wildman–Crippen MR) is 80.5 cm³/mol. The van der Waals surface area contributed by atoms with Gasteiger partial charge in [-0.15, -0.1) is 12.4 Å². The molecule has 0 aromatic heterocycles. The Labute approximate surface area is 118 Å². The van der Waals surface area contributed by atoms with Crippen LogP contribution in [-0.2, 0) is 4.79 Å². The fraction of sp³-hybridized carbons (Fsp3) is 0.0625. The van der Waals surface area contributed by atoms with Crippen LogP contribution in [0.5, 0.6) is 0 Å². The lowest BCUT2D eigenvalue weighted by Gasteiger charge is -2.05. The largest absolute Gasteiger partial charge is 0.478 e. The first-order valence-corrected chi connectivity index (χ1v) is 5.74. The Morgan fingerprint density at radius 3 is 2.26 bits per heavy atom. The minimum atomic E-state index is -0.932. The number of halogens is 1. The molecule has 2 aromatic rings. The van der Waals surface area contributed by atoms with Gasteiger partial charge in [-0.05, 0) is 35.3 Å². The zero-order chi connectivity index (χ0) is 13.0. The van der Waals surface area contributed by atoms with Gasteiger partial charge >= 0.3 is 5.97 Å². The molecule has 0 bridgehead atoms. The molecule has 0 heterocycles. The highest BCUT2D eigenvalue weighted by Crippen LogP contribution is 2.23. The molecule has 2 nitrogen and oxygen atoms in total. The zero-order valence-corrected chi connectivity index (χ0v) is 11.4. The molecule has 0 aliphatic carbocycles. The van der Waals surface area contributed by atoms with Crippen molar-refractivity contribution in [2.24, 2.45) is 0 Å². The summed E-state index contributed by atoms with van der Waals surface area (Å²) >= 11 is 0. The van der Waals surface area contributed by atoms with Gasteiger partial charge in [-0.25, -0.2) is 4.79 Å². The Morgan fingerprint density at radius 1 is 1.05 bits per heavy atom. The Bertz CT molecular complexity index is 586. The molecule has 2 aromatic carbocycles. The first kappa shape index (κ1) is 15.0. The second-order valence-corrected chi connectivity index (χ2v) is 4.11. The quantitative estimate of drug-likeness (QED) is 0.853. The molecule has 1 N–H and O–H groups in total. The maximum Gasteiger partial charge on any atom is 0.328 e. The van der Waals surface area contributed by atoms with Crippen molar-refractivity contribution < 1.29 is 9.90 Å². The molecule has 2 rings (SSSR count). The summed E-state index contributed by atoms with van der Waals surface area (Å²) in [5.41, 5.74) is 4.45. The fourth-order valence-electron chi connectivity index (χ4n) is 1.84. The zero-order valence-electron chi connectivity index (χ0n) is 10.5. The lowest BCUT2D eigenvalue weighted by atomic mass is 9.99. The maximum atomic E-state index is 10.4. The number of carboxylic acids is 1. The predicted octanol–water partition coefficient (Wildman–Crippen LogP) is 4.18. The van der Waals surface area contributed by atoms with E-state index in [1.807, 2.05) is 36.4 Å². The number of hydrogen-bond donors (Lipinski definition) is 1. The summed E-state index contributed by atoms with van der Waals surface area (Å²) in [6.45, 7) is 2.08. The fourth-order valence-corrected chi connectivity index (χ4v) is 1.84. The number of aryl methyl sites for hydroxylation is 1. The van der Waals surface area contributed by atoms with Crippen LogP contribution < -0.4 is 0 Å².